The molecule has 0 aliphatic rings. The lowest BCUT2D eigenvalue weighted by atomic mass is 10.1. The molecule has 0 saturated heterocycles. The summed E-state index contributed by atoms with van der Waals surface area (Å²) in [6, 6.07) is 3.55. The van der Waals surface area contributed by atoms with E-state index in [1.54, 1.807) is 30.9 Å². The Balaban J connectivity index is 2.75. The molecule has 0 unspecified atom stereocenters. The molecule has 0 radical (unpaired) electrons. The number of hydrogen-bond acceptors (Lipinski definition) is 4. The second-order valence-electron chi connectivity index (χ2n) is 4.78. The van der Waals surface area contributed by atoms with Crippen molar-refractivity contribution in [2.75, 3.05) is 25.2 Å². The standard InChI is InChI=1S/C13H21N3OS/c1-9-6-10(7-11(14-4)16-9)12(17)15-8-13(2,3)18-5/h6-7H,8H2,1-5H3,(H,14,16)(H,15,17). The lowest BCUT2D eigenvalue weighted by Gasteiger charge is -2.22. The summed E-state index contributed by atoms with van der Waals surface area (Å²) in [6.45, 7) is 6.73. The highest BCUT2D eigenvalue weighted by atomic mass is 32.2. The number of nitrogens with one attached hydrogen (secondary N) is 2. The number of rotatable bonds is 5. The summed E-state index contributed by atoms with van der Waals surface area (Å²) in [5, 5.41) is 5.90. The van der Waals surface area contributed by atoms with E-state index in [1.165, 1.54) is 0 Å². The number of carbonyl (C=O) groups is 1. The van der Waals surface area contributed by atoms with Gasteiger partial charge in [0.2, 0.25) is 0 Å². The number of thioether (sulfide) groups is 1. The zero-order valence-corrected chi connectivity index (χ0v) is 12.4. The molecule has 0 atom stereocenters. The molecule has 1 aromatic heterocycles. The highest BCUT2D eigenvalue weighted by Crippen LogP contribution is 2.19. The van der Waals surface area contributed by atoms with Crippen LogP contribution in [0, 0.1) is 6.92 Å². The molecule has 1 heterocycles. The van der Waals surface area contributed by atoms with E-state index in [-0.39, 0.29) is 10.7 Å². The third kappa shape index (κ3) is 4.22. The third-order valence-electron chi connectivity index (χ3n) is 2.70. The summed E-state index contributed by atoms with van der Waals surface area (Å²) in [7, 11) is 1.79. The summed E-state index contributed by atoms with van der Waals surface area (Å²) in [4.78, 5) is 16.3. The Hall–Kier alpha value is -1.23. The fourth-order valence-corrected chi connectivity index (χ4v) is 1.61. The molecule has 1 amide bonds. The van der Waals surface area contributed by atoms with Gasteiger partial charge in [-0.3, -0.25) is 4.79 Å². The first kappa shape index (κ1) is 14.8. The molecule has 0 spiro atoms. The SMILES string of the molecule is CNc1cc(C(=O)NCC(C)(C)SC)cc(C)n1. The number of pyridine rings is 1. The number of anilines is 1. The summed E-state index contributed by atoms with van der Waals surface area (Å²) in [5.74, 6) is 0.656. The number of aromatic nitrogens is 1. The van der Waals surface area contributed by atoms with Crippen LogP contribution in [0.25, 0.3) is 0 Å². The normalized spacial score (nSPS) is 11.2. The molecule has 4 nitrogen and oxygen atoms in total. The zero-order valence-electron chi connectivity index (χ0n) is 11.6. The molecule has 0 aliphatic carbocycles. The fourth-order valence-electron chi connectivity index (χ4n) is 1.40. The van der Waals surface area contributed by atoms with Gasteiger partial charge in [-0.05, 0) is 39.2 Å². The average Bonchev–Trinajstić information content (AvgIpc) is 2.35. The van der Waals surface area contributed by atoms with Gasteiger partial charge in [-0.15, -0.1) is 0 Å². The van der Waals surface area contributed by atoms with Crippen molar-refractivity contribution in [2.45, 2.75) is 25.5 Å². The van der Waals surface area contributed by atoms with Gasteiger partial charge in [-0.1, -0.05) is 0 Å². The maximum absolute atomic E-state index is 12.1. The Morgan fingerprint density at radius 3 is 2.67 bits per heavy atom. The maximum atomic E-state index is 12.1. The van der Waals surface area contributed by atoms with Crippen LogP contribution in [0.15, 0.2) is 12.1 Å². The molecular formula is C13H21N3OS. The van der Waals surface area contributed by atoms with E-state index >= 15 is 0 Å². The second kappa shape index (κ2) is 6.09. The van der Waals surface area contributed by atoms with Gasteiger partial charge < -0.3 is 10.6 Å². The van der Waals surface area contributed by atoms with E-state index in [9.17, 15) is 4.79 Å². The van der Waals surface area contributed by atoms with Crippen molar-refractivity contribution in [1.29, 1.82) is 0 Å². The Bertz CT molecular complexity index is 432. The zero-order chi connectivity index (χ0) is 13.8. The monoisotopic (exact) mass is 267 g/mol. The fraction of sp³-hybridized carbons (Fsp3) is 0.538. The van der Waals surface area contributed by atoms with Crippen LogP contribution in [0.5, 0.6) is 0 Å². The highest BCUT2D eigenvalue weighted by Gasteiger charge is 2.17. The molecule has 100 valence electrons. The third-order valence-corrected chi connectivity index (χ3v) is 3.95. The van der Waals surface area contributed by atoms with Crippen LogP contribution in [0.4, 0.5) is 5.82 Å². The van der Waals surface area contributed by atoms with E-state index in [0.29, 0.717) is 17.9 Å². The molecule has 0 aliphatic heterocycles. The summed E-state index contributed by atoms with van der Waals surface area (Å²) in [5.41, 5.74) is 1.47. The molecular weight excluding hydrogens is 246 g/mol. The molecule has 2 N–H and O–H groups in total. The smallest absolute Gasteiger partial charge is 0.251 e. The quantitative estimate of drug-likeness (QED) is 0.859. The average molecular weight is 267 g/mol. The van der Waals surface area contributed by atoms with Crippen molar-refractivity contribution in [3.8, 4) is 0 Å². The van der Waals surface area contributed by atoms with Crippen molar-refractivity contribution in [1.82, 2.24) is 10.3 Å². The molecule has 0 aromatic carbocycles. The Labute approximate surface area is 113 Å². The largest absolute Gasteiger partial charge is 0.373 e. The van der Waals surface area contributed by atoms with Crippen LogP contribution in [-0.4, -0.2) is 35.5 Å². The highest BCUT2D eigenvalue weighted by molar-refractivity contribution is 7.99. The van der Waals surface area contributed by atoms with Crippen molar-refractivity contribution in [3.63, 3.8) is 0 Å². The Morgan fingerprint density at radius 1 is 1.44 bits per heavy atom. The van der Waals surface area contributed by atoms with E-state index in [1.807, 2.05) is 13.2 Å². The van der Waals surface area contributed by atoms with Crippen molar-refractivity contribution < 1.29 is 4.79 Å². The minimum atomic E-state index is -0.0564. The first-order chi connectivity index (χ1) is 8.38. The van der Waals surface area contributed by atoms with Crippen LogP contribution in [-0.2, 0) is 0 Å². The second-order valence-corrected chi connectivity index (χ2v) is 6.29. The minimum Gasteiger partial charge on any atom is -0.373 e. The van der Waals surface area contributed by atoms with Gasteiger partial charge >= 0.3 is 0 Å². The van der Waals surface area contributed by atoms with E-state index < -0.39 is 0 Å². The maximum Gasteiger partial charge on any atom is 0.251 e. The van der Waals surface area contributed by atoms with Gasteiger partial charge in [-0.25, -0.2) is 4.98 Å². The van der Waals surface area contributed by atoms with Crippen LogP contribution >= 0.6 is 11.8 Å². The molecule has 18 heavy (non-hydrogen) atoms. The number of nitrogens with zero attached hydrogens (tertiary/aromatic N) is 1. The van der Waals surface area contributed by atoms with E-state index in [0.717, 1.165) is 5.69 Å². The molecule has 5 heteroatoms. The Morgan fingerprint density at radius 2 is 2.11 bits per heavy atom. The van der Waals surface area contributed by atoms with Gasteiger partial charge in [0.25, 0.3) is 5.91 Å². The van der Waals surface area contributed by atoms with Crippen molar-refractivity contribution in [2.24, 2.45) is 0 Å². The molecule has 1 rings (SSSR count). The number of aryl methyl sites for hydroxylation is 1. The lowest BCUT2D eigenvalue weighted by molar-refractivity contribution is 0.0950. The predicted molar refractivity (Wildman–Crippen MR) is 78.4 cm³/mol. The molecule has 1 aromatic rings. The summed E-state index contributed by atoms with van der Waals surface area (Å²) < 4.78 is 0.0452. The minimum absolute atomic E-state index is 0.0452. The first-order valence-corrected chi connectivity index (χ1v) is 7.10. The van der Waals surface area contributed by atoms with Crippen molar-refractivity contribution in [3.05, 3.63) is 23.4 Å². The van der Waals surface area contributed by atoms with E-state index in [4.69, 9.17) is 0 Å². The van der Waals surface area contributed by atoms with Gasteiger partial charge in [-0.2, -0.15) is 11.8 Å². The molecule has 0 fully saturated rings. The summed E-state index contributed by atoms with van der Waals surface area (Å²) >= 11 is 1.74. The topological polar surface area (TPSA) is 54.0 Å². The van der Waals surface area contributed by atoms with Gasteiger partial charge in [0.05, 0.1) is 0 Å². The van der Waals surface area contributed by atoms with Gasteiger partial charge in [0, 0.05) is 29.6 Å². The number of hydrogen-bond donors (Lipinski definition) is 2. The van der Waals surface area contributed by atoms with Crippen LogP contribution in [0.2, 0.25) is 0 Å². The number of carbonyl (C=O) groups excluding carboxylic acids is 1. The van der Waals surface area contributed by atoms with Gasteiger partial charge in [0.15, 0.2) is 0 Å². The van der Waals surface area contributed by atoms with E-state index in [2.05, 4.69) is 29.5 Å². The summed E-state index contributed by atoms with van der Waals surface area (Å²) in [6.07, 6.45) is 2.04. The van der Waals surface area contributed by atoms with Crippen LogP contribution < -0.4 is 10.6 Å². The Kier molecular flexibility index (Phi) is 5.02. The van der Waals surface area contributed by atoms with Crippen LogP contribution in [0.3, 0.4) is 0 Å². The number of amides is 1. The lowest BCUT2D eigenvalue weighted by Crippen LogP contribution is -2.36. The predicted octanol–water partition coefficient (Wildman–Crippen LogP) is 2.30. The molecule has 0 bridgehead atoms. The van der Waals surface area contributed by atoms with Crippen LogP contribution in [0.1, 0.15) is 29.9 Å². The first-order valence-electron chi connectivity index (χ1n) is 5.88. The van der Waals surface area contributed by atoms with Gasteiger partial charge in [0.1, 0.15) is 5.82 Å². The molecule has 0 saturated carbocycles. The van der Waals surface area contributed by atoms with Crippen molar-refractivity contribution >= 4 is 23.5 Å².